The molecule has 13 nitrogen and oxygen atoms in total. The number of hydrogen-bond acceptors (Lipinski definition) is 8. The Hall–Kier alpha value is -4.58. The third kappa shape index (κ3) is 14.4. The third-order valence-corrected chi connectivity index (χ3v) is 12.1. The number of carbonyl (C=O) groups is 5. The molecule has 316 valence electrons. The first-order valence-corrected chi connectivity index (χ1v) is 21.9. The number of fused-ring (bicyclic) bond motifs is 1. The van der Waals surface area contributed by atoms with Gasteiger partial charge in [-0.15, -0.1) is 0 Å². The van der Waals surface area contributed by atoms with Gasteiger partial charge in [-0.05, 0) is 94.7 Å². The summed E-state index contributed by atoms with van der Waals surface area (Å²) in [6.45, 7) is 12.5. The molecule has 58 heavy (non-hydrogen) atoms. The Kier molecular flexibility index (Phi) is 15.8. The fourth-order valence-corrected chi connectivity index (χ4v) is 9.82. The first-order chi connectivity index (χ1) is 27.2. The van der Waals surface area contributed by atoms with Gasteiger partial charge in [0.1, 0.15) is 17.6 Å². The monoisotopic (exact) mass is 819 g/mol. The van der Waals surface area contributed by atoms with Crippen LogP contribution >= 0.6 is 7.60 Å². The minimum atomic E-state index is -3.56. The number of primary amides is 1. The zero-order valence-corrected chi connectivity index (χ0v) is 36.0. The van der Waals surface area contributed by atoms with Crippen molar-refractivity contribution in [1.29, 1.82) is 0 Å². The molecule has 0 bridgehead atoms. The zero-order valence-electron chi connectivity index (χ0n) is 35.1. The lowest BCUT2D eigenvalue weighted by Gasteiger charge is -2.38. The summed E-state index contributed by atoms with van der Waals surface area (Å²) in [5, 5.41) is 13.5. The van der Waals surface area contributed by atoms with Gasteiger partial charge in [0.05, 0.1) is 23.8 Å². The van der Waals surface area contributed by atoms with Crippen molar-refractivity contribution in [3.8, 4) is 0 Å². The first-order valence-electron chi connectivity index (χ1n) is 20.2. The molecule has 14 heteroatoms. The summed E-state index contributed by atoms with van der Waals surface area (Å²) in [4.78, 5) is 66.0. The van der Waals surface area contributed by atoms with Crippen LogP contribution in [0.5, 0.6) is 0 Å². The number of aryl methyl sites for hydroxylation is 1. The maximum absolute atomic E-state index is 14.1. The summed E-state index contributed by atoms with van der Waals surface area (Å²) < 4.78 is 25.7. The van der Waals surface area contributed by atoms with Gasteiger partial charge in [0.25, 0.3) is 0 Å². The summed E-state index contributed by atoms with van der Waals surface area (Å²) in [6.07, 6.45) is 3.79. The van der Waals surface area contributed by atoms with Crippen LogP contribution in [0.2, 0.25) is 0 Å². The molecule has 0 unspecified atom stereocenters. The zero-order chi connectivity index (χ0) is 42.7. The molecule has 1 saturated carbocycles. The van der Waals surface area contributed by atoms with Crippen molar-refractivity contribution < 1.29 is 37.6 Å². The van der Waals surface area contributed by atoms with Crippen LogP contribution in [0.15, 0.2) is 66.7 Å². The van der Waals surface area contributed by atoms with Crippen molar-refractivity contribution in [2.24, 2.45) is 5.73 Å². The van der Waals surface area contributed by atoms with E-state index in [1.165, 1.54) is 6.92 Å². The first kappa shape index (κ1) is 46.1. The summed E-state index contributed by atoms with van der Waals surface area (Å²) in [5.74, 6) is -2.91. The number of hydrogen-bond donors (Lipinski definition) is 5. The van der Waals surface area contributed by atoms with Crippen LogP contribution in [0.4, 0.5) is 0 Å². The fourth-order valence-electron chi connectivity index (χ4n) is 7.33. The molecule has 0 spiro atoms. The van der Waals surface area contributed by atoms with E-state index in [1.807, 2.05) is 59.7 Å². The summed E-state index contributed by atoms with van der Waals surface area (Å²) in [6, 6.07) is 19.0. The minimum absolute atomic E-state index is 0.0367. The van der Waals surface area contributed by atoms with E-state index in [0.29, 0.717) is 56.2 Å². The Bertz CT molecular complexity index is 1940. The number of amides is 5. The summed E-state index contributed by atoms with van der Waals surface area (Å²) in [5.41, 5.74) is 5.29. The fraction of sp³-hybridized carbons (Fsp3) is 0.523. The molecule has 5 amide bonds. The number of carbonyl (C=O) groups excluding carboxylic acids is 5. The molecule has 4 rings (SSSR count). The van der Waals surface area contributed by atoms with E-state index in [-0.39, 0.29) is 12.6 Å². The van der Waals surface area contributed by atoms with E-state index in [9.17, 15) is 28.5 Å². The van der Waals surface area contributed by atoms with Gasteiger partial charge in [-0.2, -0.15) is 0 Å². The van der Waals surface area contributed by atoms with Gasteiger partial charge in [-0.3, -0.25) is 28.5 Å². The largest absolute Gasteiger partial charge is 0.370 e. The van der Waals surface area contributed by atoms with Gasteiger partial charge in [0.15, 0.2) is 0 Å². The van der Waals surface area contributed by atoms with Crippen LogP contribution in [0.3, 0.4) is 0 Å². The second-order valence-corrected chi connectivity index (χ2v) is 19.2. The second-order valence-electron chi connectivity index (χ2n) is 17.3. The van der Waals surface area contributed by atoms with Crippen molar-refractivity contribution in [3.05, 3.63) is 83.4 Å². The molecule has 3 aromatic carbocycles. The lowest BCUT2D eigenvalue weighted by Crippen LogP contribution is -2.65. The van der Waals surface area contributed by atoms with E-state index in [1.54, 1.807) is 24.3 Å². The van der Waals surface area contributed by atoms with Crippen LogP contribution in [-0.2, 0) is 56.6 Å². The predicted molar refractivity (Wildman–Crippen MR) is 226 cm³/mol. The third-order valence-electron chi connectivity index (χ3n) is 9.69. The van der Waals surface area contributed by atoms with Crippen LogP contribution < -0.4 is 27.0 Å². The second kappa shape index (κ2) is 19.9. The van der Waals surface area contributed by atoms with E-state index < -0.39 is 72.4 Å². The van der Waals surface area contributed by atoms with E-state index in [2.05, 4.69) is 45.5 Å². The smallest absolute Gasteiger partial charge is 0.336 e. The molecule has 0 aromatic heterocycles. The van der Waals surface area contributed by atoms with Gasteiger partial charge >= 0.3 is 7.60 Å². The molecule has 0 heterocycles. The predicted octanol–water partition coefficient (Wildman–Crippen LogP) is 6.14. The van der Waals surface area contributed by atoms with Gasteiger partial charge in [0.2, 0.25) is 29.5 Å². The normalized spacial score (nSPS) is 15.5. The van der Waals surface area contributed by atoms with Crippen molar-refractivity contribution in [1.82, 2.24) is 21.3 Å². The minimum Gasteiger partial charge on any atom is -0.370 e. The lowest BCUT2D eigenvalue weighted by molar-refractivity contribution is -0.139. The number of benzene rings is 3. The van der Waals surface area contributed by atoms with Crippen molar-refractivity contribution in [2.75, 3.05) is 6.54 Å². The Balaban J connectivity index is 1.44. The SMILES string of the molecule is CC(=O)N[C@@H](Cc1ccc(CP(=O)(OC(C)(C)C)OC(C)(C)C)cc1)C(=O)NC1(C(=O)N[C@@H](CC(N)=O)C(=O)NCCCc2cccc3ccccc23)CCCCC1. The quantitative estimate of drug-likeness (QED) is 0.0746. The lowest BCUT2D eigenvalue weighted by atomic mass is 9.80. The van der Waals surface area contributed by atoms with Gasteiger partial charge in [-0.25, -0.2) is 0 Å². The highest BCUT2D eigenvalue weighted by atomic mass is 31.2. The van der Waals surface area contributed by atoms with Gasteiger partial charge in [-0.1, -0.05) is 86.0 Å². The Labute approximate surface area is 342 Å². The summed E-state index contributed by atoms with van der Waals surface area (Å²) >= 11 is 0. The maximum Gasteiger partial charge on any atom is 0.336 e. The van der Waals surface area contributed by atoms with Crippen LogP contribution in [0.25, 0.3) is 10.8 Å². The molecule has 6 N–H and O–H groups in total. The number of nitrogens with two attached hydrogens (primary N) is 1. The molecule has 1 aliphatic rings. The summed E-state index contributed by atoms with van der Waals surface area (Å²) in [7, 11) is -3.56. The molecule has 1 aliphatic carbocycles. The molecule has 0 aliphatic heterocycles. The Morgan fingerprint density at radius 1 is 0.776 bits per heavy atom. The molecular weight excluding hydrogens is 757 g/mol. The van der Waals surface area contributed by atoms with Crippen molar-refractivity contribution >= 4 is 47.9 Å². The standard InChI is InChI=1S/C44H62N5O8P/c1-30(50)47-36(27-31-20-22-32(23-21-31)29-58(55,56-42(2,3)4)57-43(5,6)7)40(53)49-44(24-11-8-12-25-44)41(54)48-37(28-38(45)51)39(52)46-26-14-18-34-17-13-16-33-15-9-10-19-35(33)34/h9-10,13,15-17,19-23,36-37H,8,11-12,14,18,24-29H2,1-7H3,(H2,45,51)(H,46,52)(H,47,50)(H,48,54)(H,49,53)/t36-,37-/m0/s1. The van der Waals surface area contributed by atoms with Gasteiger partial charge < -0.3 is 36.0 Å². The highest BCUT2D eigenvalue weighted by Gasteiger charge is 2.44. The molecule has 3 aromatic rings. The molecule has 2 atom stereocenters. The highest BCUT2D eigenvalue weighted by Crippen LogP contribution is 2.57. The Morgan fingerprint density at radius 2 is 1.38 bits per heavy atom. The maximum atomic E-state index is 14.1. The van der Waals surface area contributed by atoms with Crippen molar-refractivity contribution in [3.63, 3.8) is 0 Å². The van der Waals surface area contributed by atoms with Crippen LogP contribution in [0, 0.1) is 0 Å². The Morgan fingerprint density at radius 3 is 1.98 bits per heavy atom. The van der Waals surface area contributed by atoms with Crippen LogP contribution in [0.1, 0.15) is 110 Å². The topological polar surface area (TPSA) is 195 Å². The number of nitrogens with one attached hydrogen (secondary N) is 4. The van der Waals surface area contributed by atoms with E-state index in [0.717, 1.165) is 22.8 Å². The average molecular weight is 820 g/mol. The molecule has 1 fully saturated rings. The highest BCUT2D eigenvalue weighted by molar-refractivity contribution is 7.53. The van der Waals surface area contributed by atoms with E-state index >= 15 is 0 Å². The number of rotatable bonds is 18. The molecule has 0 radical (unpaired) electrons. The average Bonchev–Trinajstić information content (AvgIpc) is 3.11. The van der Waals surface area contributed by atoms with Crippen molar-refractivity contribution in [2.45, 2.75) is 141 Å². The van der Waals surface area contributed by atoms with E-state index in [4.69, 9.17) is 14.8 Å². The van der Waals surface area contributed by atoms with Gasteiger partial charge in [0, 0.05) is 19.9 Å². The molecular formula is C44H62N5O8P. The van der Waals surface area contributed by atoms with Crippen LogP contribution in [-0.4, -0.2) is 64.9 Å². The molecule has 0 saturated heterocycles.